The zero-order valence-electron chi connectivity index (χ0n) is 16.4. The molecule has 0 amide bonds. The molecule has 0 saturated heterocycles. The maximum Gasteiger partial charge on any atom is 0.191 e. The first-order valence-corrected chi connectivity index (χ1v) is 9.39. The summed E-state index contributed by atoms with van der Waals surface area (Å²) in [6, 6.07) is 10.3. The summed E-state index contributed by atoms with van der Waals surface area (Å²) in [5.41, 5.74) is 2.38. The number of guanidine groups is 1. The van der Waals surface area contributed by atoms with Gasteiger partial charge in [-0.05, 0) is 18.4 Å². The Bertz CT molecular complexity index is 645. The Labute approximate surface area is 179 Å². The van der Waals surface area contributed by atoms with E-state index in [1.807, 2.05) is 29.1 Å². The molecule has 2 aromatic rings. The van der Waals surface area contributed by atoms with Crippen molar-refractivity contribution >= 4 is 29.9 Å². The fraction of sp³-hybridized carbons (Fsp3) is 0.500. The minimum Gasteiger partial charge on any atom is -0.381 e. The first kappa shape index (κ1) is 23.4. The monoisotopic (exact) mass is 485 g/mol. The quantitative estimate of drug-likeness (QED) is 0.222. The number of ether oxygens (including phenoxy) is 1. The van der Waals surface area contributed by atoms with Crippen molar-refractivity contribution in [1.82, 2.24) is 20.4 Å². The van der Waals surface area contributed by atoms with Gasteiger partial charge in [0.05, 0.1) is 12.7 Å². The SMILES string of the molecule is CCCCOCCCNC(=NC)NCc1cnn(Cc2ccccc2)c1.I. The average Bonchev–Trinajstić information content (AvgIpc) is 3.11. The van der Waals surface area contributed by atoms with Crippen molar-refractivity contribution in [2.45, 2.75) is 39.3 Å². The van der Waals surface area contributed by atoms with Crippen molar-refractivity contribution in [2.75, 3.05) is 26.8 Å². The van der Waals surface area contributed by atoms with E-state index < -0.39 is 0 Å². The minimum atomic E-state index is 0. The number of hydrogen-bond acceptors (Lipinski definition) is 3. The summed E-state index contributed by atoms with van der Waals surface area (Å²) >= 11 is 0. The van der Waals surface area contributed by atoms with E-state index in [0.717, 1.165) is 50.7 Å². The van der Waals surface area contributed by atoms with E-state index in [1.54, 1.807) is 7.05 Å². The molecular weight excluding hydrogens is 453 g/mol. The normalized spacial score (nSPS) is 11.1. The predicted molar refractivity (Wildman–Crippen MR) is 122 cm³/mol. The van der Waals surface area contributed by atoms with Gasteiger partial charge in [-0.2, -0.15) is 5.10 Å². The lowest BCUT2D eigenvalue weighted by Crippen LogP contribution is -2.37. The molecule has 27 heavy (non-hydrogen) atoms. The molecule has 0 fully saturated rings. The summed E-state index contributed by atoms with van der Waals surface area (Å²) < 4.78 is 7.51. The topological polar surface area (TPSA) is 63.5 Å². The largest absolute Gasteiger partial charge is 0.381 e. The Hall–Kier alpha value is -1.61. The zero-order valence-corrected chi connectivity index (χ0v) is 18.7. The number of aromatic nitrogens is 2. The van der Waals surface area contributed by atoms with E-state index in [4.69, 9.17) is 4.74 Å². The number of nitrogens with zero attached hydrogens (tertiary/aromatic N) is 3. The van der Waals surface area contributed by atoms with Gasteiger partial charge in [0.1, 0.15) is 0 Å². The smallest absolute Gasteiger partial charge is 0.191 e. The van der Waals surface area contributed by atoms with Crippen LogP contribution in [0.5, 0.6) is 0 Å². The highest BCUT2D eigenvalue weighted by molar-refractivity contribution is 14.0. The summed E-state index contributed by atoms with van der Waals surface area (Å²) in [6.45, 7) is 6.14. The Kier molecular flexibility index (Phi) is 12.5. The minimum absolute atomic E-state index is 0. The number of aliphatic imine (C=N–C) groups is 1. The Balaban J connectivity index is 0.00000364. The van der Waals surface area contributed by atoms with E-state index in [2.05, 4.69) is 46.0 Å². The molecule has 1 aromatic carbocycles. The van der Waals surface area contributed by atoms with E-state index >= 15 is 0 Å². The molecule has 150 valence electrons. The van der Waals surface area contributed by atoms with Crippen LogP contribution in [-0.2, 0) is 17.8 Å². The number of rotatable bonds is 11. The summed E-state index contributed by atoms with van der Waals surface area (Å²) in [5.74, 6) is 0.800. The lowest BCUT2D eigenvalue weighted by Gasteiger charge is -2.11. The molecule has 0 radical (unpaired) electrons. The maximum absolute atomic E-state index is 5.56. The Morgan fingerprint density at radius 2 is 1.89 bits per heavy atom. The van der Waals surface area contributed by atoms with Crippen molar-refractivity contribution in [1.29, 1.82) is 0 Å². The van der Waals surface area contributed by atoms with Gasteiger partial charge in [-0.3, -0.25) is 9.67 Å². The van der Waals surface area contributed by atoms with Crippen molar-refractivity contribution in [2.24, 2.45) is 4.99 Å². The average molecular weight is 485 g/mol. The van der Waals surface area contributed by atoms with Gasteiger partial charge in [0.2, 0.25) is 0 Å². The Morgan fingerprint density at radius 1 is 1.11 bits per heavy atom. The van der Waals surface area contributed by atoms with Crippen LogP contribution in [-0.4, -0.2) is 42.5 Å². The highest BCUT2D eigenvalue weighted by atomic mass is 127. The molecule has 0 saturated carbocycles. The molecule has 1 heterocycles. The fourth-order valence-electron chi connectivity index (χ4n) is 2.49. The zero-order chi connectivity index (χ0) is 18.5. The summed E-state index contributed by atoms with van der Waals surface area (Å²) in [4.78, 5) is 4.25. The first-order valence-electron chi connectivity index (χ1n) is 9.39. The van der Waals surface area contributed by atoms with Gasteiger partial charge in [0.25, 0.3) is 0 Å². The number of nitrogens with one attached hydrogen (secondary N) is 2. The van der Waals surface area contributed by atoms with Crippen LogP contribution in [0, 0.1) is 0 Å². The van der Waals surface area contributed by atoms with Crippen LogP contribution in [0.15, 0.2) is 47.7 Å². The molecule has 0 aliphatic carbocycles. The van der Waals surface area contributed by atoms with E-state index in [-0.39, 0.29) is 24.0 Å². The van der Waals surface area contributed by atoms with E-state index in [0.29, 0.717) is 6.54 Å². The number of unbranched alkanes of at least 4 members (excludes halogenated alkanes) is 1. The van der Waals surface area contributed by atoms with Crippen LogP contribution in [0.25, 0.3) is 0 Å². The molecule has 2 rings (SSSR count). The second-order valence-corrected chi connectivity index (χ2v) is 6.20. The maximum atomic E-state index is 5.56. The third kappa shape index (κ3) is 9.76. The van der Waals surface area contributed by atoms with Crippen LogP contribution in [0.1, 0.15) is 37.3 Å². The molecule has 6 nitrogen and oxygen atoms in total. The molecule has 0 aliphatic heterocycles. The van der Waals surface area contributed by atoms with Gasteiger partial charge in [-0.25, -0.2) is 0 Å². The number of benzene rings is 1. The van der Waals surface area contributed by atoms with Gasteiger partial charge >= 0.3 is 0 Å². The molecule has 0 atom stereocenters. The summed E-state index contributed by atoms with van der Waals surface area (Å²) in [7, 11) is 1.78. The third-order valence-corrected chi connectivity index (χ3v) is 3.96. The fourth-order valence-corrected chi connectivity index (χ4v) is 2.49. The highest BCUT2D eigenvalue weighted by Crippen LogP contribution is 2.03. The second kappa shape index (κ2) is 14.4. The predicted octanol–water partition coefficient (Wildman–Crippen LogP) is 3.42. The van der Waals surface area contributed by atoms with Crippen LogP contribution < -0.4 is 10.6 Å². The van der Waals surface area contributed by atoms with Gasteiger partial charge in [-0.1, -0.05) is 43.7 Å². The number of halogens is 1. The van der Waals surface area contributed by atoms with Crippen molar-refractivity contribution < 1.29 is 4.74 Å². The summed E-state index contributed by atoms with van der Waals surface area (Å²) in [6.07, 6.45) is 7.24. The van der Waals surface area contributed by atoms with Crippen LogP contribution in [0.3, 0.4) is 0 Å². The van der Waals surface area contributed by atoms with E-state index in [9.17, 15) is 0 Å². The van der Waals surface area contributed by atoms with Crippen molar-refractivity contribution in [3.63, 3.8) is 0 Å². The lowest BCUT2D eigenvalue weighted by atomic mass is 10.2. The van der Waals surface area contributed by atoms with Crippen LogP contribution in [0.2, 0.25) is 0 Å². The lowest BCUT2D eigenvalue weighted by molar-refractivity contribution is 0.129. The second-order valence-electron chi connectivity index (χ2n) is 6.20. The van der Waals surface area contributed by atoms with Gasteiger partial charge in [0, 0.05) is 45.1 Å². The van der Waals surface area contributed by atoms with Gasteiger partial charge in [-0.15, -0.1) is 24.0 Å². The van der Waals surface area contributed by atoms with Gasteiger partial charge < -0.3 is 15.4 Å². The molecule has 0 aliphatic rings. The van der Waals surface area contributed by atoms with Crippen molar-refractivity contribution in [3.8, 4) is 0 Å². The molecule has 0 bridgehead atoms. The summed E-state index contributed by atoms with van der Waals surface area (Å²) in [5, 5.41) is 11.1. The molecular formula is C20H32IN5O. The van der Waals surface area contributed by atoms with E-state index in [1.165, 1.54) is 12.0 Å². The molecule has 0 unspecified atom stereocenters. The molecule has 0 spiro atoms. The molecule has 1 aromatic heterocycles. The van der Waals surface area contributed by atoms with Crippen LogP contribution in [0.4, 0.5) is 0 Å². The number of hydrogen-bond donors (Lipinski definition) is 2. The third-order valence-electron chi connectivity index (χ3n) is 3.96. The standard InChI is InChI=1S/C20H31N5O.HI/c1-3-4-12-26-13-8-11-22-20(21-2)23-14-19-15-24-25(17-19)16-18-9-6-5-7-10-18;/h5-7,9-10,15,17H,3-4,8,11-14,16H2,1-2H3,(H2,21,22,23);1H. The highest BCUT2D eigenvalue weighted by Gasteiger charge is 2.02. The molecule has 2 N–H and O–H groups in total. The van der Waals surface area contributed by atoms with Crippen molar-refractivity contribution in [3.05, 3.63) is 53.9 Å². The molecule has 7 heteroatoms. The van der Waals surface area contributed by atoms with Crippen LogP contribution >= 0.6 is 24.0 Å². The Morgan fingerprint density at radius 3 is 2.63 bits per heavy atom. The first-order chi connectivity index (χ1) is 12.8. The van der Waals surface area contributed by atoms with Gasteiger partial charge in [0.15, 0.2) is 5.96 Å².